The largest absolute Gasteiger partial charge is 0.573 e. The van der Waals surface area contributed by atoms with E-state index in [1.807, 2.05) is 30.3 Å². The molecule has 0 saturated heterocycles. The summed E-state index contributed by atoms with van der Waals surface area (Å²) in [7, 11) is 0. The highest BCUT2D eigenvalue weighted by molar-refractivity contribution is 5.91. The van der Waals surface area contributed by atoms with Crippen LogP contribution in [0.3, 0.4) is 0 Å². The van der Waals surface area contributed by atoms with Gasteiger partial charge in [0.2, 0.25) is 0 Å². The van der Waals surface area contributed by atoms with E-state index in [-0.39, 0.29) is 18.0 Å². The van der Waals surface area contributed by atoms with E-state index in [4.69, 9.17) is 0 Å². The first-order valence-electron chi connectivity index (χ1n) is 7.51. The van der Waals surface area contributed by atoms with Crippen LogP contribution < -0.4 is 10.1 Å². The Morgan fingerprint density at radius 3 is 2.42 bits per heavy atom. The van der Waals surface area contributed by atoms with Crippen LogP contribution in [0.4, 0.5) is 13.2 Å². The van der Waals surface area contributed by atoms with Crippen molar-refractivity contribution in [2.24, 2.45) is 0 Å². The summed E-state index contributed by atoms with van der Waals surface area (Å²) in [4.78, 5) is 12.1. The molecule has 0 spiro atoms. The molecule has 0 unspecified atom stereocenters. The first kappa shape index (κ1) is 17.5. The fraction of sp³-hybridized carbons (Fsp3) is 0.118. The molecular formula is C17H13F3N4O2. The molecule has 0 radical (unpaired) electrons. The number of rotatable bonds is 5. The second-order valence-corrected chi connectivity index (χ2v) is 5.26. The summed E-state index contributed by atoms with van der Waals surface area (Å²) in [6, 6.07) is 14.4. The van der Waals surface area contributed by atoms with Crippen LogP contribution in [0.5, 0.6) is 5.75 Å². The highest BCUT2D eigenvalue weighted by Crippen LogP contribution is 2.22. The number of nitrogens with one attached hydrogen (secondary N) is 1. The average Bonchev–Trinajstić information content (AvgIpc) is 3.10. The maximum absolute atomic E-state index is 12.1. The minimum Gasteiger partial charge on any atom is -0.406 e. The SMILES string of the molecule is O=C(NCc1ccc(OC(F)(F)F)cc1)c1cn(-c2ccccc2)nn1. The van der Waals surface area contributed by atoms with Gasteiger partial charge in [0, 0.05) is 6.54 Å². The number of amides is 1. The van der Waals surface area contributed by atoms with Crippen LogP contribution in [-0.4, -0.2) is 27.3 Å². The highest BCUT2D eigenvalue weighted by Gasteiger charge is 2.30. The van der Waals surface area contributed by atoms with Crippen molar-refractivity contribution in [3.8, 4) is 11.4 Å². The van der Waals surface area contributed by atoms with Crippen LogP contribution in [0.1, 0.15) is 16.1 Å². The third-order valence-electron chi connectivity index (χ3n) is 3.36. The standard InChI is InChI=1S/C17H13F3N4O2/c18-17(19,20)26-14-8-6-12(7-9-14)10-21-16(25)15-11-24(23-22-15)13-4-2-1-3-5-13/h1-9,11H,10H2,(H,21,25). The number of benzene rings is 2. The van der Waals surface area contributed by atoms with E-state index in [0.29, 0.717) is 5.56 Å². The second kappa shape index (κ2) is 7.26. The maximum atomic E-state index is 12.1. The summed E-state index contributed by atoms with van der Waals surface area (Å²) in [5.41, 5.74) is 1.51. The average molecular weight is 362 g/mol. The van der Waals surface area contributed by atoms with E-state index in [9.17, 15) is 18.0 Å². The molecule has 1 heterocycles. The van der Waals surface area contributed by atoms with Gasteiger partial charge in [-0.1, -0.05) is 35.5 Å². The van der Waals surface area contributed by atoms with Crippen molar-refractivity contribution in [1.29, 1.82) is 0 Å². The van der Waals surface area contributed by atoms with Gasteiger partial charge in [-0.15, -0.1) is 18.3 Å². The molecule has 0 bridgehead atoms. The molecule has 134 valence electrons. The maximum Gasteiger partial charge on any atom is 0.573 e. The van der Waals surface area contributed by atoms with E-state index < -0.39 is 12.3 Å². The van der Waals surface area contributed by atoms with Gasteiger partial charge in [0.25, 0.3) is 5.91 Å². The van der Waals surface area contributed by atoms with Gasteiger partial charge < -0.3 is 10.1 Å². The summed E-state index contributed by atoms with van der Waals surface area (Å²) in [6.45, 7) is 0.128. The number of hydrogen-bond acceptors (Lipinski definition) is 4. The zero-order valence-corrected chi connectivity index (χ0v) is 13.3. The van der Waals surface area contributed by atoms with Crippen LogP contribution >= 0.6 is 0 Å². The summed E-state index contributed by atoms with van der Waals surface area (Å²) >= 11 is 0. The molecule has 1 amide bonds. The predicted octanol–water partition coefficient (Wildman–Crippen LogP) is 3.10. The van der Waals surface area contributed by atoms with Gasteiger partial charge >= 0.3 is 6.36 Å². The number of para-hydroxylation sites is 1. The van der Waals surface area contributed by atoms with Crippen molar-refractivity contribution in [2.75, 3.05) is 0 Å². The normalized spacial score (nSPS) is 11.2. The van der Waals surface area contributed by atoms with Crippen molar-refractivity contribution in [3.63, 3.8) is 0 Å². The highest BCUT2D eigenvalue weighted by atomic mass is 19.4. The summed E-state index contributed by atoms with van der Waals surface area (Å²) < 4.78 is 41.6. The fourth-order valence-electron chi connectivity index (χ4n) is 2.16. The first-order chi connectivity index (χ1) is 12.4. The van der Waals surface area contributed by atoms with Gasteiger partial charge in [0.05, 0.1) is 11.9 Å². The molecule has 1 aromatic heterocycles. The van der Waals surface area contributed by atoms with Crippen LogP contribution in [0, 0.1) is 0 Å². The van der Waals surface area contributed by atoms with E-state index in [1.165, 1.54) is 35.1 Å². The van der Waals surface area contributed by atoms with Crippen LogP contribution in [0.2, 0.25) is 0 Å². The molecule has 1 N–H and O–H groups in total. The number of halogens is 3. The third-order valence-corrected chi connectivity index (χ3v) is 3.36. The minimum atomic E-state index is -4.74. The van der Waals surface area contributed by atoms with Crippen LogP contribution in [0.15, 0.2) is 60.8 Å². The minimum absolute atomic E-state index is 0.128. The zero-order valence-electron chi connectivity index (χ0n) is 13.3. The molecule has 6 nitrogen and oxygen atoms in total. The summed E-state index contributed by atoms with van der Waals surface area (Å²) in [5.74, 6) is -0.763. The number of carbonyl (C=O) groups is 1. The Morgan fingerprint density at radius 1 is 1.08 bits per heavy atom. The number of hydrogen-bond donors (Lipinski definition) is 1. The van der Waals surface area contributed by atoms with Gasteiger partial charge in [-0.2, -0.15) is 0 Å². The van der Waals surface area contributed by atoms with Crippen molar-refractivity contribution in [2.45, 2.75) is 12.9 Å². The van der Waals surface area contributed by atoms with Crippen molar-refractivity contribution >= 4 is 5.91 Å². The van der Waals surface area contributed by atoms with Crippen molar-refractivity contribution in [1.82, 2.24) is 20.3 Å². The Labute approximate surface area is 146 Å². The number of alkyl halides is 3. The molecule has 0 atom stereocenters. The van der Waals surface area contributed by atoms with E-state index >= 15 is 0 Å². The van der Waals surface area contributed by atoms with Crippen LogP contribution in [-0.2, 0) is 6.54 Å². The molecule has 0 aliphatic rings. The first-order valence-corrected chi connectivity index (χ1v) is 7.51. The monoisotopic (exact) mass is 362 g/mol. The predicted molar refractivity (Wildman–Crippen MR) is 85.7 cm³/mol. The van der Waals surface area contributed by atoms with Gasteiger partial charge in [0.1, 0.15) is 5.75 Å². The third kappa shape index (κ3) is 4.59. The zero-order chi connectivity index (χ0) is 18.6. The van der Waals surface area contributed by atoms with Gasteiger partial charge in [-0.25, -0.2) is 4.68 Å². The lowest BCUT2D eigenvalue weighted by atomic mass is 10.2. The molecule has 9 heteroatoms. The molecule has 0 aliphatic carbocycles. The molecule has 0 saturated carbocycles. The summed E-state index contributed by atoms with van der Waals surface area (Å²) in [5, 5.41) is 10.3. The van der Waals surface area contributed by atoms with Crippen LogP contribution in [0.25, 0.3) is 5.69 Å². The van der Waals surface area contributed by atoms with E-state index in [2.05, 4.69) is 20.4 Å². The second-order valence-electron chi connectivity index (χ2n) is 5.26. The Kier molecular flexibility index (Phi) is 4.87. The van der Waals surface area contributed by atoms with Crippen molar-refractivity contribution < 1.29 is 22.7 Å². The molecule has 3 rings (SSSR count). The van der Waals surface area contributed by atoms with Crippen molar-refractivity contribution in [3.05, 3.63) is 72.1 Å². The molecule has 0 aliphatic heterocycles. The molecule has 2 aromatic carbocycles. The fourth-order valence-corrected chi connectivity index (χ4v) is 2.16. The molecule has 26 heavy (non-hydrogen) atoms. The van der Waals surface area contributed by atoms with E-state index in [1.54, 1.807) is 0 Å². The quantitative estimate of drug-likeness (QED) is 0.757. The van der Waals surface area contributed by atoms with Gasteiger partial charge in [0.15, 0.2) is 5.69 Å². The number of ether oxygens (including phenoxy) is 1. The molecular weight excluding hydrogens is 349 g/mol. The number of aromatic nitrogens is 3. The Morgan fingerprint density at radius 2 is 1.77 bits per heavy atom. The Bertz CT molecular complexity index is 877. The van der Waals surface area contributed by atoms with Gasteiger partial charge in [-0.3, -0.25) is 4.79 Å². The Hall–Kier alpha value is -3.36. The number of carbonyl (C=O) groups excluding carboxylic acids is 1. The van der Waals surface area contributed by atoms with E-state index in [0.717, 1.165) is 5.69 Å². The molecule has 0 fully saturated rings. The number of nitrogens with zero attached hydrogens (tertiary/aromatic N) is 3. The van der Waals surface area contributed by atoms with Gasteiger partial charge in [-0.05, 0) is 29.8 Å². The summed E-state index contributed by atoms with van der Waals surface area (Å²) in [6.07, 6.45) is -3.24. The lowest BCUT2D eigenvalue weighted by molar-refractivity contribution is -0.274. The molecule has 3 aromatic rings. The lowest BCUT2D eigenvalue weighted by Crippen LogP contribution is -2.23. The lowest BCUT2D eigenvalue weighted by Gasteiger charge is -2.09. The smallest absolute Gasteiger partial charge is 0.406 e. The Balaban J connectivity index is 1.58. The topological polar surface area (TPSA) is 69.0 Å².